The lowest BCUT2D eigenvalue weighted by molar-refractivity contribution is -0.133. The zero-order valence-electron chi connectivity index (χ0n) is 22.9. The Labute approximate surface area is 240 Å². The Morgan fingerprint density at radius 1 is 1.03 bits per heavy atom. The number of halogens is 1. The van der Waals surface area contributed by atoms with Gasteiger partial charge in [-0.2, -0.15) is 4.98 Å². The lowest BCUT2D eigenvalue weighted by Crippen LogP contribution is -2.61. The first-order valence-corrected chi connectivity index (χ1v) is 15.6. The van der Waals surface area contributed by atoms with Crippen LogP contribution in [0.3, 0.4) is 0 Å². The second-order valence-electron chi connectivity index (χ2n) is 12.7. The molecule has 8 rings (SSSR count). The molecule has 4 aliphatic carbocycles. The molecule has 9 heteroatoms. The maximum atomic E-state index is 11.0. The Kier molecular flexibility index (Phi) is 6.98. The fourth-order valence-corrected chi connectivity index (χ4v) is 9.18. The van der Waals surface area contributed by atoms with Crippen molar-refractivity contribution in [3.8, 4) is 0 Å². The van der Waals surface area contributed by atoms with Gasteiger partial charge in [0.15, 0.2) is 0 Å². The lowest BCUT2D eigenvalue weighted by atomic mass is 9.52. The van der Waals surface area contributed by atoms with Crippen LogP contribution in [0.4, 0.5) is 23.1 Å². The number of hydrogen-bond donors (Lipinski definition) is 2. The van der Waals surface area contributed by atoms with Gasteiger partial charge in [-0.15, -0.1) is 0 Å². The molecule has 2 aromatic rings. The maximum Gasteiger partial charge on any atom is 0.229 e. The Bertz CT molecular complexity index is 1150. The molecule has 0 amide bonds. The first-order valence-electron chi connectivity index (χ1n) is 14.9. The fourth-order valence-electron chi connectivity index (χ4n) is 8.71. The van der Waals surface area contributed by atoms with Gasteiger partial charge in [-0.05, 0) is 103 Å². The first kappa shape index (κ1) is 26.0. The average Bonchev–Trinajstić information content (AvgIpc) is 2.94. The molecule has 4 bridgehead atoms. The molecule has 2 saturated heterocycles. The maximum absolute atomic E-state index is 11.0. The highest BCUT2D eigenvalue weighted by Crippen LogP contribution is 2.57. The number of anilines is 4. The molecular weight excluding hydrogens is 556 g/mol. The molecule has 0 radical (unpaired) electrons. The normalized spacial score (nSPS) is 32.9. The number of piperidine rings is 1. The van der Waals surface area contributed by atoms with Gasteiger partial charge in [0.2, 0.25) is 5.95 Å². The number of hydrogen-bond acceptors (Lipinski definition) is 8. The van der Waals surface area contributed by atoms with E-state index in [2.05, 4.69) is 72.2 Å². The molecular formula is C30H41BrN6O2. The molecule has 210 valence electrons. The number of morpholine rings is 1. The number of aliphatic hydroxyl groups is 1. The van der Waals surface area contributed by atoms with Crippen LogP contribution < -0.4 is 15.1 Å². The number of ether oxygens (including phenoxy) is 1. The van der Waals surface area contributed by atoms with Crippen molar-refractivity contribution in [3.05, 3.63) is 34.9 Å². The van der Waals surface area contributed by atoms with Gasteiger partial charge in [0, 0.05) is 62.9 Å². The van der Waals surface area contributed by atoms with Crippen LogP contribution in [0.1, 0.15) is 44.9 Å². The highest BCUT2D eigenvalue weighted by molar-refractivity contribution is 9.10. The molecule has 0 spiro atoms. The number of nitrogens with one attached hydrogen (secondary N) is 1. The van der Waals surface area contributed by atoms with Crippen LogP contribution >= 0.6 is 15.9 Å². The molecule has 39 heavy (non-hydrogen) atoms. The zero-order chi connectivity index (χ0) is 26.6. The van der Waals surface area contributed by atoms with Gasteiger partial charge in [0.1, 0.15) is 5.82 Å². The largest absolute Gasteiger partial charge is 0.390 e. The minimum atomic E-state index is -0.422. The first-order chi connectivity index (χ1) is 18.9. The van der Waals surface area contributed by atoms with Gasteiger partial charge in [-0.1, -0.05) is 0 Å². The van der Waals surface area contributed by atoms with Crippen LogP contribution in [0.2, 0.25) is 0 Å². The van der Waals surface area contributed by atoms with E-state index < -0.39 is 5.60 Å². The molecule has 2 N–H and O–H groups in total. The van der Waals surface area contributed by atoms with Crippen molar-refractivity contribution in [1.82, 2.24) is 14.9 Å². The van der Waals surface area contributed by atoms with Gasteiger partial charge >= 0.3 is 0 Å². The summed E-state index contributed by atoms with van der Waals surface area (Å²) in [6.45, 7) is 6.10. The van der Waals surface area contributed by atoms with Gasteiger partial charge in [0.05, 0.1) is 23.3 Å². The van der Waals surface area contributed by atoms with Crippen molar-refractivity contribution in [2.45, 2.75) is 62.6 Å². The predicted molar refractivity (Wildman–Crippen MR) is 158 cm³/mol. The quantitative estimate of drug-likeness (QED) is 0.498. The fraction of sp³-hybridized carbons (Fsp3) is 0.667. The minimum absolute atomic E-state index is 0.422. The van der Waals surface area contributed by atoms with E-state index in [0.29, 0.717) is 35.8 Å². The SMILES string of the molecule is CN(c1nc(Nc2ccc(N3CCC(N4CCOCC4)CC3)cc2)ncc1Br)[C@H]1C2CC3CC1C[C@](O)(C3)C2. The van der Waals surface area contributed by atoms with E-state index in [1.807, 2.05) is 6.20 Å². The van der Waals surface area contributed by atoms with Crippen molar-refractivity contribution in [2.75, 3.05) is 61.6 Å². The summed E-state index contributed by atoms with van der Waals surface area (Å²) in [7, 11) is 2.17. The van der Waals surface area contributed by atoms with E-state index in [1.54, 1.807) is 0 Å². The molecule has 6 fully saturated rings. The Hall–Kier alpha value is -1.94. The summed E-state index contributed by atoms with van der Waals surface area (Å²) >= 11 is 3.72. The molecule has 1 aromatic carbocycles. The van der Waals surface area contributed by atoms with Gasteiger partial charge in [-0.3, -0.25) is 4.90 Å². The number of aromatic nitrogens is 2. The van der Waals surface area contributed by atoms with Gasteiger partial charge < -0.3 is 25.0 Å². The van der Waals surface area contributed by atoms with E-state index in [9.17, 15) is 5.11 Å². The molecule has 2 unspecified atom stereocenters. The molecule has 1 aromatic heterocycles. The summed E-state index contributed by atoms with van der Waals surface area (Å²) in [4.78, 5) is 17.0. The zero-order valence-corrected chi connectivity index (χ0v) is 24.5. The molecule has 2 aliphatic heterocycles. The minimum Gasteiger partial charge on any atom is -0.390 e. The third kappa shape index (κ3) is 5.16. The van der Waals surface area contributed by atoms with E-state index in [-0.39, 0.29) is 0 Å². The van der Waals surface area contributed by atoms with Crippen LogP contribution in [0, 0.1) is 17.8 Å². The predicted octanol–water partition coefficient (Wildman–Crippen LogP) is 4.66. The van der Waals surface area contributed by atoms with E-state index >= 15 is 0 Å². The van der Waals surface area contributed by atoms with Crippen molar-refractivity contribution in [3.63, 3.8) is 0 Å². The standard InChI is InChI=1S/C30H41BrN6O2/c1-35(27-21-14-20-15-22(27)18-30(38,16-20)17-21)28-26(31)19-32-29(34-28)33-23-2-4-24(5-3-23)36-8-6-25(7-9-36)37-10-12-39-13-11-37/h2-5,19-22,25,27,38H,6-18H2,1H3,(H,32,33,34)/t20?,21?,22?,27-,30-. The Morgan fingerprint density at radius 3 is 2.38 bits per heavy atom. The molecule has 6 aliphatic rings. The monoisotopic (exact) mass is 596 g/mol. The smallest absolute Gasteiger partial charge is 0.229 e. The van der Waals surface area contributed by atoms with Crippen LogP contribution in [-0.4, -0.2) is 84.1 Å². The molecule has 4 saturated carbocycles. The second kappa shape index (κ2) is 10.5. The highest BCUT2D eigenvalue weighted by Gasteiger charge is 2.56. The third-order valence-corrected chi connectivity index (χ3v) is 10.8. The molecule has 8 nitrogen and oxygen atoms in total. The van der Waals surface area contributed by atoms with Crippen molar-refractivity contribution in [1.29, 1.82) is 0 Å². The Morgan fingerprint density at radius 2 is 1.72 bits per heavy atom. The van der Waals surface area contributed by atoms with Crippen molar-refractivity contribution < 1.29 is 9.84 Å². The number of benzene rings is 1. The van der Waals surface area contributed by atoms with Crippen LogP contribution in [-0.2, 0) is 4.74 Å². The summed E-state index contributed by atoms with van der Waals surface area (Å²) in [5.74, 6) is 3.31. The summed E-state index contributed by atoms with van der Waals surface area (Å²) < 4.78 is 6.45. The van der Waals surface area contributed by atoms with Crippen molar-refractivity contribution >= 4 is 39.1 Å². The van der Waals surface area contributed by atoms with Crippen LogP contribution in [0.5, 0.6) is 0 Å². The number of nitrogens with zero attached hydrogens (tertiary/aromatic N) is 5. The summed E-state index contributed by atoms with van der Waals surface area (Å²) in [6.07, 6.45) is 9.63. The average molecular weight is 598 g/mol. The summed E-state index contributed by atoms with van der Waals surface area (Å²) in [5, 5.41) is 14.5. The van der Waals surface area contributed by atoms with Crippen LogP contribution in [0.25, 0.3) is 0 Å². The summed E-state index contributed by atoms with van der Waals surface area (Å²) in [6, 6.07) is 9.81. The summed E-state index contributed by atoms with van der Waals surface area (Å²) in [5.41, 5.74) is 1.85. The van der Waals surface area contributed by atoms with E-state index in [1.165, 1.54) is 31.4 Å². The topological polar surface area (TPSA) is 77.0 Å². The Balaban J connectivity index is 0.996. The van der Waals surface area contributed by atoms with E-state index in [4.69, 9.17) is 9.72 Å². The molecule has 2 atom stereocenters. The van der Waals surface area contributed by atoms with E-state index in [0.717, 1.165) is 74.6 Å². The van der Waals surface area contributed by atoms with Gasteiger partial charge in [-0.25, -0.2) is 4.98 Å². The lowest BCUT2D eigenvalue weighted by Gasteiger charge is -2.60. The number of rotatable bonds is 6. The molecule has 3 heterocycles. The highest BCUT2D eigenvalue weighted by atomic mass is 79.9. The second-order valence-corrected chi connectivity index (χ2v) is 13.6. The van der Waals surface area contributed by atoms with Crippen molar-refractivity contribution in [2.24, 2.45) is 17.8 Å². The van der Waals surface area contributed by atoms with Crippen LogP contribution in [0.15, 0.2) is 34.9 Å². The third-order valence-electron chi connectivity index (χ3n) is 10.2. The van der Waals surface area contributed by atoms with Gasteiger partial charge in [0.25, 0.3) is 0 Å².